The Kier molecular flexibility index (Phi) is 4.65. The van der Waals surface area contributed by atoms with E-state index in [-0.39, 0.29) is 6.10 Å². The van der Waals surface area contributed by atoms with Crippen LogP contribution in [0.3, 0.4) is 0 Å². The zero-order chi connectivity index (χ0) is 14.6. The molecule has 0 unspecified atom stereocenters. The molecule has 20 heavy (non-hydrogen) atoms. The van der Waals surface area contributed by atoms with Crippen LogP contribution in [0.5, 0.6) is 5.75 Å². The first kappa shape index (κ1) is 14.8. The molecule has 6 heteroatoms. The summed E-state index contributed by atoms with van der Waals surface area (Å²) in [7, 11) is -3.54. The van der Waals surface area contributed by atoms with Gasteiger partial charge in [-0.05, 0) is 49.9 Å². The third kappa shape index (κ3) is 4.52. The van der Waals surface area contributed by atoms with E-state index in [4.69, 9.17) is 4.74 Å². The predicted octanol–water partition coefficient (Wildman–Crippen LogP) is 2.09. The molecule has 0 aromatic heterocycles. The lowest BCUT2D eigenvalue weighted by Gasteiger charge is -2.23. The number of benzene rings is 1. The number of hydrogen-bond acceptors (Lipinski definition) is 4. The maximum absolute atomic E-state index is 11.6. The second-order valence-electron chi connectivity index (χ2n) is 5.11. The van der Waals surface area contributed by atoms with Crippen LogP contribution in [0.1, 0.15) is 42.5 Å². The van der Waals surface area contributed by atoms with Gasteiger partial charge < -0.3 is 4.74 Å². The Morgan fingerprint density at radius 1 is 1.15 bits per heavy atom. The first-order valence-electron chi connectivity index (χ1n) is 6.73. The molecule has 1 aromatic rings. The molecule has 1 N–H and O–H groups in total. The Morgan fingerprint density at radius 3 is 2.30 bits per heavy atom. The summed E-state index contributed by atoms with van der Waals surface area (Å²) < 4.78 is 29.7. The molecule has 5 nitrogen and oxygen atoms in total. The summed E-state index contributed by atoms with van der Waals surface area (Å²) in [6.07, 6.45) is 6.99. The van der Waals surface area contributed by atoms with E-state index in [0.717, 1.165) is 19.1 Å². The number of carbonyl (C=O) groups is 1. The number of nitrogens with one attached hydrogen (secondary N) is 1. The van der Waals surface area contributed by atoms with Gasteiger partial charge in [-0.3, -0.25) is 4.79 Å². The van der Waals surface area contributed by atoms with Crippen molar-refractivity contribution in [2.45, 2.75) is 38.2 Å². The van der Waals surface area contributed by atoms with E-state index in [1.165, 1.54) is 19.3 Å². The van der Waals surface area contributed by atoms with Crippen LogP contribution in [0.25, 0.3) is 0 Å². The molecule has 0 radical (unpaired) electrons. The van der Waals surface area contributed by atoms with Crippen molar-refractivity contribution >= 4 is 15.9 Å². The van der Waals surface area contributed by atoms with E-state index in [1.807, 2.05) is 4.72 Å². The van der Waals surface area contributed by atoms with Gasteiger partial charge in [-0.15, -0.1) is 0 Å². The smallest absolute Gasteiger partial charge is 0.264 e. The zero-order valence-electron chi connectivity index (χ0n) is 11.5. The molecule has 0 bridgehead atoms. The van der Waals surface area contributed by atoms with Gasteiger partial charge in [0.25, 0.3) is 5.91 Å². The van der Waals surface area contributed by atoms with Crippen LogP contribution in [0.15, 0.2) is 24.3 Å². The van der Waals surface area contributed by atoms with Crippen LogP contribution in [0, 0.1) is 0 Å². The van der Waals surface area contributed by atoms with Gasteiger partial charge >= 0.3 is 0 Å². The Bertz CT molecular complexity index is 559. The topological polar surface area (TPSA) is 72.5 Å². The third-order valence-electron chi connectivity index (χ3n) is 3.25. The van der Waals surface area contributed by atoms with Crippen LogP contribution in [0.2, 0.25) is 0 Å². The van der Waals surface area contributed by atoms with E-state index in [9.17, 15) is 13.2 Å². The lowest BCUT2D eigenvalue weighted by Crippen LogP contribution is -2.29. The monoisotopic (exact) mass is 297 g/mol. The number of carbonyl (C=O) groups excluding carboxylic acids is 1. The molecule has 1 aliphatic rings. The highest BCUT2D eigenvalue weighted by atomic mass is 32.2. The van der Waals surface area contributed by atoms with Gasteiger partial charge in [-0.2, -0.15) is 0 Å². The summed E-state index contributed by atoms with van der Waals surface area (Å²) in [6.45, 7) is 0. The van der Waals surface area contributed by atoms with E-state index < -0.39 is 15.9 Å². The van der Waals surface area contributed by atoms with Crippen LogP contribution in [-0.2, 0) is 10.0 Å². The fourth-order valence-corrected chi connectivity index (χ4v) is 2.74. The van der Waals surface area contributed by atoms with Gasteiger partial charge in [0.1, 0.15) is 5.75 Å². The highest BCUT2D eigenvalue weighted by molar-refractivity contribution is 7.89. The quantitative estimate of drug-likeness (QED) is 0.923. The first-order chi connectivity index (χ1) is 9.44. The summed E-state index contributed by atoms with van der Waals surface area (Å²) in [5, 5.41) is 0. The van der Waals surface area contributed by atoms with Crippen molar-refractivity contribution < 1.29 is 17.9 Å². The van der Waals surface area contributed by atoms with Gasteiger partial charge in [0.2, 0.25) is 10.0 Å². The van der Waals surface area contributed by atoms with Gasteiger partial charge in [-0.1, -0.05) is 6.42 Å². The highest BCUT2D eigenvalue weighted by Crippen LogP contribution is 2.23. The molecule has 0 aliphatic heterocycles. The minimum Gasteiger partial charge on any atom is -0.490 e. The van der Waals surface area contributed by atoms with E-state index in [2.05, 4.69) is 0 Å². The number of rotatable bonds is 4. The molecule has 0 saturated heterocycles. The van der Waals surface area contributed by atoms with Gasteiger partial charge in [-0.25, -0.2) is 13.1 Å². The fraction of sp³-hybridized carbons (Fsp3) is 0.500. The summed E-state index contributed by atoms with van der Waals surface area (Å²) in [5.41, 5.74) is 0.298. The molecule has 1 aromatic carbocycles. The Morgan fingerprint density at radius 2 is 1.75 bits per heavy atom. The van der Waals surface area contributed by atoms with Gasteiger partial charge in [0.15, 0.2) is 0 Å². The normalized spacial score (nSPS) is 16.6. The summed E-state index contributed by atoms with van der Waals surface area (Å²) in [4.78, 5) is 11.6. The van der Waals surface area contributed by atoms with Crippen LogP contribution < -0.4 is 9.46 Å². The Labute approximate surface area is 119 Å². The second-order valence-corrected chi connectivity index (χ2v) is 6.85. The highest BCUT2D eigenvalue weighted by Gasteiger charge is 2.15. The molecule has 110 valence electrons. The molecular weight excluding hydrogens is 278 g/mol. The Hall–Kier alpha value is -1.56. The van der Waals surface area contributed by atoms with Crippen molar-refractivity contribution in [2.24, 2.45) is 0 Å². The van der Waals surface area contributed by atoms with Gasteiger partial charge in [0, 0.05) is 5.56 Å². The van der Waals surface area contributed by atoms with Crippen molar-refractivity contribution in [1.82, 2.24) is 4.72 Å². The summed E-state index contributed by atoms with van der Waals surface area (Å²) in [6, 6.07) is 6.54. The predicted molar refractivity (Wildman–Crippen MR) is 76.3 cm³/mol. The minimum atomic E-state index is -3.54. The maximum atomic E-state index is 11.6. The second kappa shape index (κ2) is 6.26. The maximum Gasteiger partial charge on any atom is 0.264 e. The molecule has 0 atom stereocenters. The third-order valence-corrected chi connectivity index (χ3v) is 3.81. The average Bonchev–Trinajstić information content (AvgIpc) is 2.39. The van der Waals surface area contributed by atoms with Crippen molar-refractivity contribution in [1.29, 1.82) is 0 Å². The van der Waals surface area contributed by atoms with Crippen molar-refractivity contribution in [3.63, 3.8) is 0 Å². The Balaban J connectivity index is 1.97. The number of hydrogen-bond donors (Lipinski definition) is 1. The lowest BCUT2D eigenvalue weighted by molar-refractivity contribution is 0.0981. The van der Waals surface area contributed by atoms with Crippen LogP contribution in [0.4, 0.5) is 0 Å². The average molecular weight is 297 g/mol. The molecule has 0 spiro atoms. The lowest BCUT2D eigenvalue weighted by atomic mass is 9.98. The van der Waals surface area contributed by atoms with Gasteiger partial charge in [0.05, 0.1) is 12.4 Å². The van der Waals surface area contributed by atoms with Crippen LogP contribution in [-0.4, -0.2) is 26.7 Å². The molecule has 1 fully saturated rings. The summed E-state index contributed by atoms with van der Waals surface area (Å²) in [5.74, 6) is 0.0875. The van der Waals surface area contributed by atoms with E-state index >= 15 is 0 Å². The number of ether oxygens (including phenoxy) is 1. The molecule has 1 saturated carbocycles. The van der Waals surface area contributed by atoms with Crippen LogP contribution >= 0.6 is 0 Å². The molecule has 1 amide bonds. The first-order valence-corrected chi connectivity index (χ1v) is 8.62. The minimum absolute atomic E-state index is 0.249. The standard InChI is InChI=1S/C14H19NO4S/c1-20(17,18)15-14(16)11-7-9-13(10-8-11)19-12-5-3-2-4-6-12/h7-10,12H,2-6H2,1H3,(H,15,16). The van der Waals surface area contributed by atoms with E-state index in [0.29, 0.717) is 11.3 Å². The summed E-state index contributed by atoms with van der Waals surface area (Å²) >= 11 is 0. The molecular formula is C14H19NO4S. The van der Waals surface area contributed by atoms with Crippen molar-refractivity contribution in [3.8, 4) is 5.75 Å². The fourth-order valence-electron chi connectivity index (χ4n) is 2.29. The largest absolute Gasteiger partial charge is 0.490 e. The zero-order valence-corrected chi connectivity index (χ0v) is 12.3. The van der Waals surface area contributed by atoms with E-state index in [1.54, 1.807) is 24.3 Å². The molecule has 2 rings (SSSR count). The molecule has 1 aliphatic carbocycles. The number of amides is 1. The SMILES string of the molecule is CS(=O)(=O)NC(=O)c1ccc(OC2CCCCC2)cc1. The van der Waals surface area contributed by atoms with Crippen molar-refractivity contribution in [3.05, 3.63) is 29.8 Å². The number of sulfonamides is 1. The molecule has 0 heterocycles. The van der Waals surface area contributed by atoms with Crippen molar-refractivity contribution in [2.75, 3.05) is 6.26 Å².